The van der Waals surface area contributed by atoms with Crippen molar-refractivity contribution >= 4 is 22.6 Å². The second-order valence-electron chi connectivity index (χ2n) is 10.9. The van der Waals surface area contributed by atoms with Gasteiger partial charge in [-0.15, -0.1) is 10.2 Å². The molecule has 0 spiro atoms. The summed E-state index contributed by atoms with van der Waals surface area (Å²) < 4.78 is 7.09. The lowest BCUT2D eigenvalue weighted by atomic mass is 9.87. The van der Waals surface area contributed by atoms with E-state index in [0.717, 1.165) is 56.8 Å². The molecule has 3 aromatic heterocycles. The van der Waals surface area contributed by atoms with Gasteiger partial charge >= 0.3 is 6.09 Å². The Balaban J connectivity index is 1.26. The van der Waals surface area contributed by atoms with E-state index in [-0.39, 0.29) is 6.09 Å². The Morgan fingerprint density at radius 3 is 2.65 bits per heavy atom. The van der Waals surface area contributed by atoms with E-state index in [4.69, 9.17) is 4.74 Å². The highest BCUT2D eigenvalue weighted by atomic mass is 16.6. The molecule has 0 aliphatic carbocycles. The number of likely N-dealkylation sites (tertiary alicyclic amines) is 1. The second kappa shape index (κ2) is 9.49. The molecule has 2 aliphatic heterocycles. The molecule has 1 N–H and O–H groups in total. The first-order valence-electron chi connectivity index (χ1n) is 13.5. The summed E-state index contributed by atoms with van der Waals surface area (Å²) >= 11 is 0. The Morgan fingerprint density at radius 1 is 1.11 bits per heavy atom. The number of ether oxygens (including phenoxy) is 1. The van der Waals surface area contributed by atoms with Gasteiger partial charge in [0.25, 0.3) is 0 Å². The lowest BCUT2D eigenvalue weighted by molar-refractivity contribution is 0.149. The summed E-state index contributed by atoms with van der Waals surface area (Å²) in [5, 5.41) is 9.74. The van der Waals surface area contributed by atoms with Crippen LogP contribution in [-0.4, -0.2) is 74.8 Å². The van der Waals surface area contributed by atoms with Gasteiger partial charge in [-0.2, -0.15) is 0 Å². The molecule has 1 aromatic carbocycles. The largest absolute Gasteiger partial charge is 0.448 e. The number of nitrogens with zero attached hydrogens (tertiary/aromatic N) is 5. The maximum atomic E-state index is 11.7. The van der Waals surface area contributed by atoms with Gasteiger partial charge in [-0.25, -0.2) is 4.79 Å². The fraction of sp³-hybridized carbons (Fsp3) is 0.483. The molecule has 0 radical (unpaired) electrons. The minimum absolute atomic E-state index is 0.165. The van der Waals surface area contributed by atoms with Crippen LogP contribution in [0.1, 0.15) is 60.8 Å². The third-order valence-electron chi connectivity index (χ3n) is 8.44. The van der Waals surface area contributed by atoms with Crippen LogP contribution in [0.4, 0.5) is 4.79 Å². The smallest absolute Gasteiger partial charge is 0.409 e. The number of piperidine rings is 1. The molecule has 1 amide bonds. The molecular weight excluding hydrogens is 464 g/mol. The minimum atomic E-state index is -0.165. The number of pyridine rings is 1. The average Bonchev–Trinajstić information content (AvgIpc) is 3.63. The number of amides is 1. The average molecular weight is 501 g/mol. The van der Waals surface area contributed by atoms with Crippen molar-refractivity contribution in [2.75, 3.05) is 39.3 Å². The third-order valence-corrected chi connectivity index (χ3v) is 8.44. The molecule has 5 heterocycles. The third kappa shape index (κ3) is 4.27. The van der Waals surface area contributed by atoms with Gasteiger partial charge < -0.3 is 19.5 Å². The molecule has 6 rings (SSSR count). The molecule has 194 valence electrons. The van der Waals surface area contributed by atoms with E-state index < -0.39 is 0 Å². The predicted octanol–water partition coefficient (Wildman–Crippen LogP) is 5.25. The van der Waals surface area contributed by atoms with E-state index in [9.17, 15) is 4.79 Å². The van der Waals surface area contributed by atoms with E-state index in [2.05, 4.69) is 72.2 Å². The van der Waals surface area contributed by atoms with Gasteiger partial charge in [0.05, 0.1) is 12.2 Å². The molecule has 2 aliphatic rings. The number of aryl methyl sites for hydroxylation is 1. The SMILES string of the molecule is Cc1c(-c2[nH]c3ccc(C4CCN(CCN5CCOC5=O)CC4)cc3c2C(C)C)cn2cnnc2c1C. The zero-order valence-electron chi connectivity index (χ0n) is 22.3. The summed E-state index contributed by atoms with van der Waals surface area (Å²) in [4.78, 5) is 19.8. The van der Waals surface area contributed by atoms with Crippen LogP contribution in [0, 0.1) is 13.8 Å². The van der Waals surface area contributed by atoms with E-state index in [1.165, 1.54) is 38.9 Å². The molecule has 0 saturated carbocycles. The topological polar surface area (TPSA) is 78.8 Å². The highest BCUT2D eigenvalue weighted by Gasteiger charge is 2.26. The monoisotopic (exact) mass is 500 g/mol. The number of benzene rings is 1. The number of cyclic esters (lactones) is 1. The maximum Gasteiger partial charge on any atom is 0.409 e. The van der Waals surface area contributed by atoms with Crippen LogP contribution in [0.25, 0.3) is 27.8 Å². The van der Waals surface area contributed by atoms with E-state index in [1.54, 1.807) is 6.33 Å². The van der Waals surface area contributed by atoms with Crippen LogP contribution in [0.15, 0.2) is 30.7 Å². The van der Waals surface area contributed by atoms with Crippen LogP contribution < -0.4 is 0 Å². The molecular formula is C29H36N6O2. The molecule has 8 nitrogen and oxygen atoms in total. The molecule has 0 atom stereocenters. The molecule has 4 aromatic rings. The van der Waals surface area contributed by atoms with Crippen LogP contribution in [0.2, 0.25) is 0 Å². The summed E-state index contributed by atoms with van der Waals surface area (Å²) in [6.07, 6.45) is 6.07. The first-order valence-corrected chi connectivity index (χ1v) is 13.5. The highest BCUT2D eigenvalue weighted by molar-refractivity contribution is 5.92. The number of carbonyl (C=O) groups is 1. The van der Waals surface area contributed by atoms with Gasteiger partial charge in [-0.3, -0.25) is 4.40 Å². The Morgan fingerprint density at radius 2 is 1.92 bits per heavy atom. The lowest BCUT2D eigenvalue weighted by Gasteiger charge is -2.33. The van der Waals surface area contributed by atoms with Crippen molar-refractivity contribution in [3.8, 4) is 11.3 Å². The Kier molecular flexibility index (Phi) is 6.15. The highest BCUT2D eigenvalue weighted by Crippen LogP contribution is 2.40. The summed E-state index contributed by atoms with van der Waals surface area (Å²) in [5.41, 5.74) is 9.73. The van der Waals surface area contributed by atoms with Gasteiger partial charge in [0.2, 0.25) is 0 Å². The molecule has 2 fully saturated rings. The normalized spacial score (nSPS) is 17.5. The summed E-state index contributed by atoms with van der Waals surface area (Å²) in [5.74, 6) is 0.947. The number of hydrogen-bond acceptors (Lipinski definition) is 5. The van der Waals surface area contributed by atoms with Gasteiger partial charge in [0.15, 0.2) is 5.65 Å². The van der Waals surface area contributed by atoms with Crippen LogP contribution in [-0.2, 0) is 4.74 Å². The predicted molar refractivity (Wildman–Crippen MR) is 145 cm³/mol. The molecule has 37 heavy (non-hydrogen) atoms. The van der Waals surface area contributed by atoms with Crippen LogP contribution in [0.3, 0.4) is 0 Å². The molecule has 8 heteroatoms. The molecule has 0 bridgehead atoms. The van der Waals surface area contributed by atoms with Crippen molar-refractivity contribution in [2.24, 2.45) is 0 Å². The summed E-state index contributed by atoms with van der Waals surface area (Å²) in [6.45, 7) is 13.9. The van der Waals surface area contributed by atoms with Gasteiger partial charge in [-0.05, 0) is 86.0 Å². The fourth-order valence-electron chi connectivity index (χ4n) is 6.14. The van der Waals surface area contributed by atoms with Gasteiger partial charge in [0.1, 0.15) is 12.9 Å². The number of nitrogens with one attached hydrogen (secondary N) is 1. The quantitative estimate of drug-likeness (QED) is 0.391. The first kappa shape index (κ1) is 24.0. The number of H-pyrrole nitrogens is 1. The van der Waals surface area contributed by atoms with E-state index in [0.29, 0.717) is 18.4 Å². The summed E-state index contributed by atoms with van der Waals surface area (Å²) in [6, 6.07) is 7.02. The number of carbonyl (C=O) groups excluding carboxylic acids is 1. The van der Waals surface area contributed by atoms with Crippen LogP contribution in [0.5, 0.6) is 0 Å². The van der Waals surface area contributed by atoms with Crippen molar-refractivity contribution in [1.29, 1.82) is 0 Å². The zero-order valence-corrected chi connectivity index (χ0v) is 22.3. The van der Waals surface area contributed by atoms with Crippen molar-refractivity contribution in [3.63, 3.8) is 0 Å². The second-order valence-corrected chi connectivity index (χ2v) is 10.9. The standard InChI is InChI=1S/C29H36N6O2/c1-18(2)26-23-15-22(21-7-9-33(10-8-21)11-12-34-13-14-37-29(34)36)5-6-25(23)31-27(26)24-16-35-17-30-32-28(35)20(4)19(24)3/h5-6,15-18,21,31H,7-14H2,1-4H3. The van der Waals surface area contributed by atoms with Crippen molar-refractivity contribution in [1.82, 2.24) is 29.4 Å². The van der Waals surface area contributed by atoms with Crippen molar-refractivity contribution in [2.45, 2.75) is 52.4 Å². The van der Waals surface area contributed by atoms with Crippen molar-refractivity contribution < 1.29 is 9.53 Å². The number of aromatic amines is 1. The maximum absolute atomic E-state index is 11.7. The number of hydrogen-bond donors (Lipinski definition) is 1. The van der Waals surface area contributed by atoms with Gasteiger partial charge in [-0.1, -0.05) is 19.9 Å². The lowest BCUT2D eigenvalue weighted by Crippen LogP contribution is -2.39. The summed E-state index contributed by atoms with van der Waals surface area (Å²) in [7, 11) is 0. The zero-order chi connectivity index (χ0) is 25.7. The first-order chi connectivity index (χ1) is 17.9. The fourth-order valence-corrected chi connectivity index (χ4v) is 6.14. The molecule has 2 saturated heterocycles. The Hall–Kier alpha value is -3.39. The van der Waals surface area contributed by atoms with E-state index >= 15 is 0 Å². The Bertz CT molecular complexity index is 1460. The number of aromatic nitrogens is 4. The minimum Gasteiger partial charge on any atom is -0.448 e. The molecule has 0 unspecified atom stereocenters. The van der Waals surface area contributed by atoms with Crippen LogP contribution >= 0.6 is 0 Å². The van der Waals surface area contributed by atoms with Gasteiger partial charge in [0, 0.05) is 35.8 Å². The number of rotatable bonds is 6. The van der Waals surface area contributed by atoms with E-state index in [1.807, 2.05) is 9.30 Å². The Labute approximate surface area is 217 Å². The number of fused-ring (bicyclic) bond motifs is 2. The van der Waals surface area contributed by atoms with Crippen molar-refractivity contribution in [3.05, 3.63) is 53.0 Å².